The summed E-state index contributed by atoms with van der Waals surface area (Å²) in [5.41, 5.74) is -2.53. The second-order valence-electron chi connectivity index (χ2n) is 7.86. The molecule has 0 unspecified atom stereocenters. The van der Waals surface area contributed by atoms with Crippen molar-refractivity contribution in [2.45, 2.75) is 49.2 Å². The van der Waals surface area contributed by atoms with Crippen molar-refractivity contribution in [1.82, 2.24) is 4.98 Å². The van der Waals surface area contributed by atoms with Crippen molar-refractivity contribution in [1.29, 1.82) is 0 Å². The van der Waals surface area contributed by atoms with Crippen LogP contribution in [0.4, 0.5) is 0 Å². The smallest absolute Gasteiger partial charge is 0.324 e. The van der Waals surface area contributed by atoms with Crippen LogP contribution in [0.2, 0.25) is 0 Å². The number of carbonyl (C=O) groups is 3. The number of rotatable bonds is 4. The van der Waals surface area contributed by atoms with Crippen molar-refractivity contribution < 1.29 is 23.9 Å². The topological polar surface area (TPSA) is 82.6 Å². The first-order chi connectivity index (χ1) is 12.6. The van der Waals surface area contributed by atoms with Crippen LogP contribution >= 0.6 is 23.1 Å². The number of esters is 2. The minimum atomic E-state index is -1.37. The number of carbonyl (C=O) groups excluding carboxylic acids is 3. The number of nitrogens with zero attached hydrogens (tertiary/aromatic N) is 1. The minimum absolute atomic E-state index is 0.0281. The molecule has 2 saturated heterocycles. The number of fused-ring (bicyclic) bond motifs is 1. The van der Waals surface area contributed by atoms with Crippen LogP contribution in [0.1, 0.15) is 33.6 Å². The molecule has 0 saturated carbocycles. The van der Waals surface area contributed by atoms with Crippen LogP contribution < -0.4 is 0 Å². The number of thiazole rings is 1. The SMILES string of the molecule is CC1(C)C[C@@]2(C[C@](C)(C(=O)CSc3nc4ccccc4s3)OC2=O)C(=O)O1. The third-order valence-corrected chi connectivity index (χ3v) is 7.21. The molecule has 1 aromatic carbocycles. The average molecular weight is 405 g/mol. The molecule has 0 bridgehead atoms. The van der Waals surface area contributed by atoms with Gasteiger partial charge in [0.25, 0.3) is 0 Å². The first-order valence-corrected chi connectivity index (χ1v) is 10.4. The molecule has 1 spiro atoms. The Kier molecular flexibility index (Phi) is 4.12. The first-order valence-electron chi connectivity index (χ1n) is 8.62. The van der Waals surface area contributed by atoms with Gasteiger partial charge < -0.3 is 9.47 Å². The maximum Gasteiger partial charge on any atom is 0.324 e. The lowest BCUT2D eigenvalue weighted by molar-refractivity contribution is -0.162. The van der Waals surface area contributed by atoms with E-state index < -0.39 is 28.6 Å². The largest absolute Gasteiger partial charge is 0.459 e. The van der Waals surface area contributed by atoms with Crippen LogP contribution in [0.25, 0.3) is 10.2 Å². The van der Waals surface area contributed by atoms with Crippen molar-refractivity contribution in [3.05, 3.63) is 24.3 Å². The number of ether oxygens (including phenoxy) is 2. The number of thioether (sulfide) groups is 1. The van der Waals surface area contributed by atoms with Gasteiger partial charge in [-0.05, 0) is 32.9 Å². The van der Waals surface area contributed by atoms with Crippen LogP contribution in [0.5, 0.6) is 0 Å². The Balaban J connectivity index is 1.48. The third kappa shape index (κ3) is 3.04. The molecule has 0 amide bonds. The van der Waals surface area contributed by atoms with E-state index in [-0.39, 0.29) is 24.4 Å². The van der Waals surface area contributed by atoms with Gasteiger partial charge in [-0.2, -0.15) is 0 Å². The summed E-state index contributed by atoms with van der Waals surface area (Å²) in [4.78, 5) is 42.2. The number of cyclic esters (lactones) is 2. The van der Waals surface area contributed by atoms with Crippen LogP contribution in [-0.4, -0.2) is 39.7 Å². The zero-order valence-electron chi connectivity index (χ0n) is 15.2. The second-order valence-corrected chi connectivity index (χ2v) is 10.1. The fourth-order valence-electron chi connectivity index (χ4n) is 3.81. The van der Waals surface area contributed by atoms with E-state index in [2.05, 4.69) is 4.98 Å². The lowest BCUT2D eigenvalue weighted by Crippen LogP contribution is -2.38. The number of Topliss-reactive ketones (excluding diaryl/α,β-unsaturated/α-hetero) is 1. The molecule has 2 atom stereocenters. The predicted molar refractivity (Wildman–Crippen MR) is 102 cm³/mol. The standard InChI is InChI=1S/C19H19NO5S2/c1-17(2)9-19(14(22)24-17)10-18(3,25-15(19)23)13(21)8-26-16-20-11-6-4-5-7-12(11)27-16/h4-7H,8-10H2,1-3H3/t18-,19-/m1/s1. The lowest BCUT2D eigenvalue weighted by atomic mass is 9.75. The van der Waals surface area contributed by atoms with Gasteiger partial charge in [0.1, 0.15) is 5.60 Å². The normalized spacial score (nSPS) is 29.3. The van der Waals surface area contributed by atoms with E-state index in [9.17, 15) is 14.4 Å². The van der Waals surface area contributed by atoms with Gasteiger partial charge in [0.15, 0.2) is 21.1 Å². The molecule has 4 rings (SSSR count). The summed E-state index contributed by atoms with van der Waals surface area (Å²) < 4.78 is 12.6. The fraction of sp³-hybridized carbons (Fsp3) is 0.474. The molecule has 2 aromatic rings. The highest BCUT2D eigenvalue weighted by Gasteiger charge is 2.67. The van der Waals surface area contributed by atoms with E-state index in [1.54, 1.807) is 20.8 Å². The highest BCUT2D eigenvalue weighted by atomic mass is 32.2. The summed E-state index contributed by atoms with van der Waals surface area (Å²) >= 11 is 2.84. The summed E-state index contributed by atoms with van der Waals surface area (Å²) in [6.07, 6.45) is 0.256. The minimum Gasteiger partial charge on any atom is -0.459 e. The summed E-state index contributed by atoms with van der Waals surface area (Å²) in [6.45, 7) is 5.10. The Bertz CT molecular complexity index is 935. The molecule has 0 N–H and O–H groups in total. The Labute approximate surface area is 164 Å². The monoisotopic (exact) mass is 405 g/mol. The van der Waals surface area contributed by atoms with E-state index >= 15 is 0 Å². The number of para-hydroxylation sites is 1. The Morgan fingerprint density at radius 1 is 1.15 bits per heavy atom. The van der Waals surface area contributed by atoms with Gasteiger partial charge in [0.05, 0.1) is 16.0 Å². The molecular formula is C19H19NO5S2. The average Bonchev–Trinajstić information content (AvgIpc) is 3.18. The molecular weight excluding hydrogens is 386 g/mol. The first kappa shape index (κ1) is 18.4. The second kappa shape index (κ2) is 6.04. The highest BCUT2D eigenvalue weighted by Crippen LogP contribution is 2.52. The number of hydrogen-bond donors (Lipinski definition) is 0. The van der Waals surface area contributed by atoms with Gasteiger partial charge in [0.2, 0.25) is 0 Å². The Morgan fingerprint density at radius 2 is 1.85 bits per heavy atom. The lowest BCUT2D eigenvalue weighted by Gasteiger charge is -2.21. The van der Waals surface area contributed by atoms with Crippen LogP contribution in [0.3, 0.4) is 0 Å². The van der Waals surface area contributed by atoms with Gasteiger partial charge in [0, 0.05) is 12.8 Å². The number of ketones is 1. The van der Waals surface area contributed by atoms with Crippen molar-refractivity contribution in [2.24, 2.45) is 5.41 Å². The summed E-state index contributed by atoms with van der Waals surface area (Å²) in [7, 11) is 0. The molecule has 0 aliphatic carbocycles. The molecule has 8 heteroatoms. The zero-order valence-corrected chi connectivity index (χ0v) is 16.9. The van der Waals surface area contributed by atoms with Gasteiger partial charge >= 0.3 is 11.9 Å². The van der Waals surface area contributed by atoms with Gasteiger partial charge in [-0.3, -0.25) is 14.4 Å². The number of aromatic nitrogens is 1. The van der Waals surface area contributed by atoms with Crippen molar-refractivity contribution >= 4 is 51.0 Å². The predicted octanol–water partition coefficient (Wildman–Crippen LogP) is 3.38. The molecule has 6 nitrogen and oxygen atoms in total. The summed E-state index contributed by atoms with van der Waals surface area (Å²) in [5.74, 6) is -1.35. The van der Waals surface area contributed by atoms with Gasteiger partial charge in [-0.1, -0.05) is 23.9 Å². The number of benzene rings is 1. The molecule has 2 aliphatic rings. The summed E-state index contributed by atoms with van der Waals surface area (Å²) in [5, 5.41) is 0. The summed E-state index contributed by atoms with van der Waals surface area (Å²) in [6, 6.07) is 7.77. The maximum absolute atomic E-state index is 12.8. The molecule has 3 heterocycles. The third-order valence-electron chi connectivity index (χ3n) is 5.03. The Hall–Kier alpha value is -1.93. The molecule has 0 radical (unpaired) electrons. The molecule has 2 aliphatic heterocycles. The van der Waals surface area contributed by atoms with Gasteiger partial charge in [-0.15, -0.1) is 11.3 Å². The number of hydrogen-bond acceptors (Lipinski definition) is 8. The Morgan fingerprint density at radius 3 is 2.52 bits per heavy atom. The van der Waals surface area contributed by atoms with E-state index in [1.165, 1.54) is 23.1 Å². The van der Waals surface area contributed by atoms with Crippen molar-refractivity contribution in [3.63, 3.8) is 0 Å². The van der Waals surface area contributed by atoms with E-state index in [1.807, 2.05) is 24.3 Å². The highest BCUT2D eigenvalue weighted by molar-refractivity contribution is 8.01. The quantitative estimate of drug-likeness (QED) is 0.438. The van der Waals surface area contributed by atoms with E-state index in [0.29, 0.717) is 0 Å². The zero-order chi connectivity index (χ0) is 19.4. The van der Waals surface area contributed by atoms with Crippen LogP contribution in [0, 0.1) is 5.41 Å². The van der Waals surface area contributed by atoms with E-state index in [4.69, 9.17) is 9.47 Å². The fourth-order valence-corrected chi connectivity index (χ4v) is 5.91. The van der Waals surface area contributed by atoms with Gasteiger partial charge in [-0.25, -0.2) is 4.98 Å². The van der Waals surface area contributed by atoms with E-state index in [0.717, 1.165) is 14.6 Å². The van der Waals surface area contributed by atoms with Crippen molar-refractivity contribution in [3.8, 4) is 0 Å². The van der Waals surface area contributed by atoms with Crippen LogP contribution in [-0.2, 0) is 23.9 Å². The van der Waals surface area contributed by atoms with Crippen molar-refractivity contribution in [2.75, 3.05) is 5.75 Å². The van der Waals surface area contributed by atoms with Crippen LogP contribution in [0.15, 0.2) is 28.6 Å². The molecule has 27 heavy (non-hydrogen) atoms. The maximum atomic E-state index is 12.8. The molecule has 142 valence electrons. The molecule has 2 fully saturated rings. The molecule has 1 aromatic heterocycles.